The number of amides is 1. The molecular formula is C21H26N4O4S. The quantitative estimate of drug-likeness (QED) is 0.676. The van der Waals surface area contributed by atoms with E-state index in [1.54, 1.807) is 0 Å². The molecule has 1 N–H and O–H groups in total. The first-order chi connectivity index (χ1) is 14.8. The second kappa shape index (κ2) is 8.85. The Morgan fingerprint density at radius 2 is 1.97 bits per heavy atom. The summed E-state index contributed by atoms with van der Waals surface area (Å²) in [5, 5.41) is 12.6. The molecule has 3 heterocycles. The average Bonchev–Trinajstić information content (AvgIpc) is 3.38. The average molecular weight is 431 g/mol. The summed E-state index contributed by atoms with van der Waals surface area (Å²) < 4.78 is 19.3. The molecule has 0 unspecified atom stereocenters. The molecule has 2 aliphatic heterocycles. The summed E-state index contributed by atoms with van der Waals surface area (Å²) in [6.45, 7) is 2.69. The van der Waals surface area contributed by atoms with Gasteiger partial charge in [0.05, 0.1) is 25.1 Å². The van der Waals surface area contributed by atoms with Crippen molar-refractivity contribution in [2.45, 2.75) is 49.4 Å². The van der Waals surface area contributed by atoms with Gasteiger partial charge in [-0.1, -0.05) is 11.8 Å². The van der Waals surface area contributed by atoms with E-state index in [2.05, 4.69) is 20.1 Å². The molecule has 3 aliphatic rings. The molecule has 0 bridgehead atoms. The van der Waals surface area contributed by atoms with Gasteiger partial charge in [0.2, 0.25) is 5.91 Å². The van der Waals surface area contributed by atoms with Gasteiger partial charge in [-0.3, -0.25) is 9.36 Å². The van der Waals surface area contributed by atoms with Gasteiger partial charge in [-0.15, -0.1) is 10.2 Å². The minimum Gasteiger partial charge on any atom is -0.490 e. The van der Waals surface area contributed by atoms with E-state index in [1.165, 1.54) is 11.8 Å². The van der Waals surface area contributed by atoms with Gasteiger partial charge in [-0.05, 0) is 43.9 Å². The fraction of sp³-hybridized carbons (Fsp3) is 0.571. The predicted molar refractivity (Wildman–Crippen MR) is 112 cm³/mol. The number of carbonyl (C=O) groups excluding carboxylic acids is 1. The number of aromatic nitrogens is 3. The Kier molecular flexibility index (Phi) is 5.81. The Balaban J connectivity index is 1.28. The number of hydrogen-bond acceptors (Lipinski definition) is 7. The van der Waals surface area contributed by atoms with Crippen LogP contribution in [0, 0.1) is 0 Å². The Labute approximate surface area is 179 Å². The highest BCUT2D eigenvalue weighted by Gasteiger charge is 2.31. The second-order valence-corrected chi connectivity index (χ2v) is 8.79. The number of nitrogens with zero attached hydrogens (tertiary/aromatic N) is 3. The highest BCUT2D eigenvalue weighted by molar-refractivity contribution is 7.99. The molecular weight excluding hydrogens is 404 g/mol. The highest BCUT2D eigenvalue weighted by atomic mass is 32.2. The van der Waals surface area contributed by atoms with E-state index in [0.29, 0.717) is 31.6 Å². The molecule has 9 heteroatoms. The molecule has 1 saturated carbocycles. The van der Waals surface area contributed by atoms with Crippen molar-refractivity contribution in [2.75, 3.05) is 32.1 Å². The van der Waals surface area contributed by atoms with Crippen LogP contribution in [0.2, 0.25) is 0 Å². The van der Waals surface area contributed by atoms with E-state index in [4.69, 9.17) is 14.2 Å². The van der Waals surface area contributed by atoms with Crippen LogP contribution in [0.3, 0.4) is 0 Å². The lowest BCUT2D eigenvalue weighted by atomic mass is 10.2. The number of rotatable bonds is 7. The minimum atomic E-state index is -0.00187. The molecule has 1 saturated heterocycles. The Morgan fingerprint density at radius 1 is 1.10 bits per heavy atom. The van der Waals surface area contributed by atoms with Gasteiger partial charge < -0.3 is 19.5 Å². The van der Waals surface area contributed by atoms with Crippen molar-refractivity contribution in [3.63, 3.8) is 0 Å². The topological polar surface area (TPSA) is 87.5 Å². The molecule has 160 valence electrons. The smallest absolute Gasteiger partial charge is 0.230 e. The van der Waals surface area contributed by atoms with Crippen molar-refractivity contribution >= 4 is 17.7 Å². The molecule has 2 fully saturated rings. The van der Waals surface area contributed by atoms with Crippen molar-refractivity contribution in [3.8, 4) is 22.9 Å². The van der Waals surface area contributed by atoms with Crippen molar-refractivity contribution in [1.29, 1.82) is 0 Å². The molecule has 30 heavy (non-hydrogen) atoms. The monoisotopic (exact) mass is 430 g/mol. The molecule has 1 amide bonds. The molecule has 1 aromatic heterocycles. The van der Waals surface area contributed by atoms with Gasteiger partial charge in [-0.2, -0.15) is 0 Å². The normalized spacial score (nSPS) is 20.7. The van der Waals surface area contributed by atoms with Gasteiger partial charge in [-0.25, -0.2) is 0 Å². The predicted octanol–water partition coefficient (Wildman–Crippen LogP) is 2.83. The van der Waals surface area contributed by atoms with E-state index in [-0.39, 0.29) is 12.0 Å². The first kappa shape index (κ1) is 19.7. The summed E-state index contributed by atoms with van der Waals surface area (Å²) >= 11 is 1.43. The molecule has 5 rings (SSSR count). The van der Waals surface area contributed by atoms with Gasteiger partial charge >= 0.3 is 0 Å². The van der Waals surface area contributed by atoms with Crippen LogP contribution < -0.4 is 14.8 Å². The number of fused-ring (bicyclic) bond motifs is 1. The fourth-order valence-electron chi connectivity index (χ4n) is 3.75. The first-order valence-corrected chi connectivity index (χ1v) is 11.6. The molecule has 2 aromatic rings. The van der Waals surface area contributed by atoms with Crippen LogP contribution in [0.4, 0.5) is 0 Å². The number of thioether (sulfide) groups is 1. The number of nitrogens with one attached hydrogen (secondary N) is 1. The van der Waals surface area contributed by atoms with Crippen molar-refractivity contribution < 1.29 is 19.0 Å². The van der Waals surface area contributed by atoms with Crippen LogP contribution >= 0.6 is 11.8 Å². The third kappa shape index (κ3) is 4.41. The Hall–Kier alpha value is -2.26. The minimum absolute atomic E-state index is 0.00187. The van der Waals surface area contributed by atoms with Gasteiger partial charge in [0.15, 0.2) is 22.5 Å². The van der Waals surface area contributed by atoms with Gasteiger partial charge in [0, 0.05) is 31.2 Å². The van der Waals surface area contributed by atoms with Crippen LogP contribution in [-0.4, -0.2) is 58.9 Å². The molecule has 8 nitrogen and oxygen atoms in total. The Morgan fingerprint density at radius 3 is 2.77 bits per heavy atom. The summed E-state index contributed by atoms with van der Waals surface area (Å²) in [7, 11) is 0. The second-order valence-electron chi connectivity index (χ2n) is 7.85. The zero-order valence-corrected chi connectivity index (χ0v) is 17.7. The van der Waals surface area contributed by atoms with E-state index >= 15 is 0 Å². The summed E-state index contributed by atoms with van der Waals surface area (Å²) in [4.78, 5) is 12.3. The van der Waals surface area contributed by atoms with E-state index in [9.17, 15) is 4.79 Å². The standard InChI is InChI=1S/C21H26N4O4S/c26-19(22-12-16-3-1-8-27-16)13-30-21-24-23-20(25(21)15-5-6-15)14-4-7-17-18(11-14)29-10-2-9-28-17/h4,7,11,15-16H,1-3,5-6,8-10,12-13H2,(H,22,26)/t16-/m0/s1. The van der Waals surface area contributed by atoms with Gasteiger partial charge in [0.1, 0.15) is 0 Å². The van der Waals surface area contributed by atoms with E-state index in [0.717, 1.165) is 66.8 Å². The molecule has 1 atom stereocenters. The SMILES string of the molecule is O=C(CSc1nnc(-c2ccc3c(c2)OCCCO3)n1C1CC1)NC[C@@H]1CCCO1. The summed E-state index contributed by atoms with van der Waals surface area (Å²) in [6, 6.07) is 6.31. The number of benzene rings is 1. The van der Waals surface area contributed by atoms with Crippen molar-refractivity contribution in [3.05, 3.63) is 18.2 Å². The number of hydrogen-bond donors (Lipinski definition) is 1. The summed E-state index contributed by atoms with van der Waals surface area (Å²) in [5.41, 5.74) is 0.952. The van der Waals surface area contributed by atoms with Crippen LogP contribution in [0.1, 0.15) is 38.1 Å². The van der Waals surface area contributed by atoms with E-state index in [1.807, 2.05) is 18.2 Å². The maximum absolute atomic E-state index is 12.3. The molecule has 1 aliphatic carbocycles. The van der Waals surface area contributed by atoms with Crippen molar-refractivity contribution in [2.24, 2.45) is 0 Å². The third-order valence-electron chi connectivity index (χ3n) is 5.47. The zero-order valence-electron chi connectivity index (χ0n) is 16.8. The zero-order chi connectivity index (χ0) is 20.3. The third-order valence-corrected chi connectivity index (χ3v) is 6.41. The van der Waals surface area contributed by atoms with Crippen molar-refractivity contribution in [1.82, 2.24) is 20.1 Å². The number of ether oxygens (including phenoxy) is 3. The van der Waals surface area contributed by atoms with Crippen LogP contribution in [0.15, 0.2) is 23.4 Å². The molecule has 0 radical (unpaired) electrons. The lowest BCUT2D eigenvalue weighted by molar-refractivity contribution is -0.119. The van der Waals surface area contributed by atoms with Crippen LogP contribution in [0.25, 0.3) is 11.4 Å². The van der Waals surface area contributed by atoms with Gasteiger partial charge in [0.25, 0.3) is 0 Å². The van der Waals surface area contributed by atoms with Crippen LogP contribution in [0.5, 0.6) is 11.5 Å². The fourth-order valence-corrected chi connectivity index (χ4v) is 4.59. The lowest BCUT2D eigenvalue weighted by Gasteiger charge is -2.12. The lowest BCUT2D eigenvalue weighted by Crippen LogP contribution is -2.32. The van der Waals surface area contributed by atoms with E-state index < -0.39 is 0 Å². The highest BCUT2D eigenvalue weighted by Crippen LogP contribution is 2.42. The number of carbonyl (C=O) groups is 1. The largest absolute Gasteiger partial charge is 0.490 e. The maximum atomic E-state index is 12.3. The maximum Gasteiger partial charge on any atom is 0.230 e. The summed E-state index contributed by atoms with van der Waals surface area (Å²) in [6.07, 6.45) is 5.32. The molecule has 0 spiro atoms. The van der Waals surface area contributed by atoms with Crippen LogP contribution in [-0.2, 0) is 9.53 Å². The summed E-state index contributed by atoms with van der Waals surface area (Å²) in [5.74, 6) is 2.65. The molecule has 1 aromatic carbocycles. The Bertz CT molecular complexity index is 908. The first-order valence-electron chi connectivity index (χ1n) is 10.6.